The molecule has 5 rings (SSSR count). The van der Waals surface area contributed by atoms with Crippen molar-refractivity contribution in [1.29, 1.82) is 0 Å². The third kappa shape index (κ3) is 2.69. The predicted octanol–water partition coefficient (Wildman–Crippen LogP) is 4.84. The number of esters is 1. The van der Waals surface area contributed by atoms with Gasteiger partial charge in [0.2, 0.25) is 5.91 Å². The molecule has 0 aromatic carbocycles. The van der Waals surface area contributed by atoms with Crippen molar-refractivity contribution in [1.82, 2.24) is 9.78 Å². The number of aromatic nitrogens is 2. The van der Waals surface area contributed by atoms with E-state index in [9.17, 15) is 9.59 Å². The van der Waals surface area contributed by atoms with Gasteiger partial charge in [-0.15, -0.1) is 0 Å². The van der Waals surface area contributed by atoms with E-state index in [4.69, 9.17) is 4.74 Å². The Bertz CT molecular complexity index is 904. The van der Waals surface area contributed by atoms with E-state index in [0.29, 0.717) is 17.3 Å². The minimum atomic E-state index is -0.135. The Balaban J connectivity index is 1.43. The second kappa shape index (κ2) is 6.67. The summed E-state index contributed by atoms with van der Waals surface area (Å²) in [5, 5.41) is 4.61. The van der Waals surface area contributed by atoms with Crippen molar-refractivity contribution < 1.29 is 14.3 Å². The lowest BCUT2D eigenvalue weighted by atomic mass is 9.45. The smallest absolute Gasteiger partial charge is 0.302 e. The van der Waals surface area contributed by atoms with Crippen molar-refractivity contribution >= 4 is 11.9 Å². The van der Waals surface area contributed by atoms with Gasteiger partial charge in [0, 0.05) is 19.4 Å². The molecule has 3 saturated carbocycles. The fourth-order valence-electron chi connectivity index (χ4n) is 8.54. The van der Waals surface area contributed by atoms with Crippen LogP contribution in [0.2, 0.25) is 0 Å². The van der Waals surface area contributed by atoms with Crippen LogP contribution in [0.25, 0.3) is 0 Å². The second-order valence-electron chi connectivity index (χ2n) is 11.2. The summed E-state index contributed by atoms with van der Waals surface area (Å²) in [6, 6.07) is 0. The predicted molar refractivity (Wildman–Crippen MR) is 114 cm³/mol. The van der Waals surface area contributed by atoms with Crippen LogP contribution < -0.4 is 0 Å². The molecule has 3 fully saturated rings. The number of carbonyl (C=O) groups excluding carboxylic acids is 2. The number of ether oxygens (including phenoxy) is 1. The zero-order chi connectivity index (χ0) is 21.4. The van der Waals surface area contributed by atoms with Gasteiger partial charge in [-0.25, -0.2) is 4.68 Å². The van der Waals surface area contributed by atoms with Gasteiger partial charge in [0.05, 0.1) is 11.4 Å². The van der Waals surface area contributed by atoms with Gasteiger partial charge in [-0.2, -0.15) is 5.10 Å². The standard InChI is InChI=1S/C25H36N2O3/c1-14-23-22(27(26-14)15(2)28)13-21-19-7-6-17-12-18(30-16(3)29)8-10-24(17,4)20(19)9-11-25(21,23)5/h17-21H,6-13H2,1-5H3/t17-,18?,19?,20?,21?,24?,25?/m0/s1. The van der Waals surface area contributed by atoms with Gasteiger partial charge < -0.3 is 4.74 Å². The van der Waals surface area contributed by atoms with Crippen molar-refractivity contribution in [3.63, 3.8) is 0 Å². The summed E-state index contributed by atoms with van der Waals surface area (Å²) in [4.78, 5) is 23.7. The van der Waals surface area contributed by atoms with E-state index in [1.807, 2.05) is 0 Å². The highest BCUT2D eigenvalue weighted by Crippen LogP contribution is 2.66. The van der Waals surface area contributed by atoms with Crippen molar-refractivity contribution in [2.24, 2.45) is 29.1 Å². The Morgan fingerprint density at radius 3 is 2.53 bits per heavy atom. The lowest BCUT2D eigenvalue weighted by Crippen LogP contribution is -2.54. The molecule has 0 N–H and O–H groups in total. The molecule has 6 unspecified atom stereocenters. The van der Waals surface area contributed by atoms with E-state index in [1.54, 1.807) is 11.6 Å². The molecule has 164 valence electrons. The maximum Gasteiger partial charge on any atom is 0.302 e. The molecule has 0 bridgehead atoms. The van der Waals surface area contributed by atoms with E-state index in [0.717, 1.165) is 36.8 Å². The number of fused-ring (bicyclic) bond motifs is 7. The third-order valence-electron chi connectivity index (χ3n) is 9.78. The van der Waals surface area contributed by atoms with Crippen LogP contribution >= 0.6 is 0 Å². The van der Waals surface area contributed by atoms with Crippen molar-refractivity contribution in [2.75, 3.05) is 0 Å². The molecule has 5 heteroatoms. The summed E-state index contributed by atoms with van der Waals surface area (Å²) < 4.78 is 7.30. The SMILES string of the molecule is CC(=O)OC1CCC2(C)C3CCC4(C)c5c(C)nn(C(C)=O)c5CC4C3CC[C@H]2C1. The van der Waals surface area contributed by atoms with Gasteiger partial charge in [0.1, 0.15) is 6.10 Å². The van der Waals surface area contributed by atoms with Crippen LogP contribution in [-0.4, -0.2) is 27.8 Å². The average molecular weight is 413 g/mol. The van der Waals surface area contributed by atoms with Crippen molar-refractivity contribution in [3.8, 4) is 0 Å². The third-order valence-corrected chi connectivity index (χ3v) is 9.78. The van der Waals surface area contributed by atoms with Crippen LogP contribution in [0.4, 0.5) is 0 Å². The molecule has 4 aliphatic carbocycles. The molecule has 4 aliphatic rings. The minimum Gasteiger partial charge on any atom is -0.463 e. The Hall–Kier alpha value is -1.65. The lowest BCUT2D eigenvalue weighted by Gasteiger charge is -2.60. The monoisotopic (exact) mass is 412 g/mol. The molecule has 1 heterocycles. The van der Waals surface area contributed by atoms with E-state index in [1.165, 1.54) is 50.3 Å². The molecular weight excluding hydrogens is 376 g/mol. The Labute approximate surface area is 179 Å². The Morgan fingerprint density at radius 1 is 1.07 bits per heavy atom. The zero-order valence-corrected chi connectivity index (χ0v) is 19.2. The fraction of sp³-hybridized carbons (Fsp3) is 0.800. The lowest BCUT2D eigenvalue weighted by molar-refractivity contribution is -0.157. The van der Waals surface area contributed by atoms with Gasteiger partial charge in [0.15, 0.2) is 0 Å². The molecule has 1 aromatic rings. The summed E-state index contributed by atoms with van der Waals surface area (Å²) in [6.45, 7) is 10.2. The average Bonchev–Trinajstić information content (AvgIpc) is 3.16. The van der Waals surface area contributed by atoms with Crippen LogP contribution in [0.3, 0.4) is 0 Å². The number of aryl methyl sites for hydroxylation is 1. The summed E-state index contributed by atoms with van der Waals surface area (Å²) in [6.07, 6.45) is 9.34. The van der Waals surface area contributed by atoms with Gasteiger partial charge >= 0.3 is 5.97 Å². The highest BCUT2D eigenvalue weighted by atomic mass is 16.5. The van der Waals surface area contributed by atoms with Crippen LogP contribution in [0.1, 0.15) is 94.4 Å². The van der Waals surface area contributed by atoms with Crippen molar-refractivity contribution in [3.05, 3.63) is 17.0 Å². The highest BCUT2D eigenvalue weighted by molar-refractivity contribution is 5.77. The van der Waals surface area contributed by atoms with E-state index >= 15 is 0 Å². The number of nitrogens with zero attached hydrogens (tertiary/aromatic N) is 2. The van der Waals surface area contributed by atoms with Gasteiger partial charge in [-0.3, -0.25) is 9.59 Å². The zero-order valence-electron chi connectivity index (χ0n) is 19.2. The van der Waals surface area contributed by atoms with Gasteiger partial charge in [0.25, 0.3) is 0 Å². The normalized spacial score (nSPS) is 42.0. The van der Waals surface area contributed by atoms with E-state index in [-0.39, 0.29) is 23.4 Å². The van der Waals surface area contributed by atoms with Crippen molar-refractivity contribution in [2.45, 2.75) is 97.5 Å². The Kier molecular flexibility index (Phi) is 4.51. The van der Waals surface area contributed by atoms with Crippen LogP contribution in [0.15, 0.2) is 0 Å². The maximum atomic E-state index is 12.2. The first-order chi connectivity index (χ1) is 14.1. The minimum absolute atomic E-state index is 0.0395. The summed E-state index contributed by atoms with van der Waals surface area (Å²) in [5.41, 5.74) is 4.15. The first kappa shape index (κ1) is 20.3. The molecule has 0 aliphatic heterocycles. The number of carbonyl (C=O) groups is 2. The maximum absolute atomic E-state index is 12.2. The van der Waals surface area contributed by atoms with Gasteiger partial charge in [-0.05, 0) is 92.8 Å². The number of hydrogen-bond acceptors (Lipinski definition) is 4. The first-order valence-electron chi connectivity index (χ1n) is 11.9. The Morgan fingerprint density at radius 2 is 1.83 bits per heavy atom. The highest BCUT2D eigenvalue weighted by Gasteiger charge is 2.60. The molecule has 0 spiro atoms. The quantitative estimate of drug-likeness (QED) is 0.619. The fourth-order valence-corrected chi connectivity index (χ4v) is 8.54. The number of hydrogen-bond donors (Lipinski definition) is 0. The van der Waals surface area contributed by atoms with Gasteiger partial charge in [-0.1, -0.05) is 13.8 Å². The molecule has 7 atom stereocenters. The first-order valence-corrected chi connectivity index (χ1v) is 11.9. The topological polar surface area (TPSA) is 61.2 Å². The molecular formula is C25H36N2O3. The molecule has 1 aromatic heterocycles. The molecule has 0 saturated heterocycles. The molecule has 0 amide bonds. The summed E-state index contributed by atoms with van der Waals surface area (Å²) >= 11 is 0. The van der Waals surface area contributed by atoms with E-state index in [2.05, 4.69) is 25.9 Å². The largest absolute Gasteiger partial charge is 0.463 e. The second-order valence-corrected chi connectivity index (χ2v) is 11.2. The molecule has 0 radical (unpaired) electrons. The summed E-state index contributed by atoms with van der Waals surface area (Å²) in [7, 11) is 0. The van der Waals surface area contributed by atoms with Crippen LogP contribution in [-0.2, 0) is 21.4 Å². The molecule has 30 heavy (non-hydrogen) atoms. The van der Waals surface area contributed by atoms with E-state index < -0.39 is 0 Å². The van der Waals surface area contributed by atoms with Crippen LogP contribution in [0, 0.1) is 36.0 Å². The summed E-state index contributed by atoms with van der Waals surface area (Å²) in [5.74, 6) is 2.66. The molecule has 5 nitrogen and oxygen atoms in total. The number of rotatable bonds is 1. The van der Waals surface area contributed by atoms with Crippen LogP contribution in [0.5, 0.6) is 0 Å².